The van der Waals surface area contributed by atoms with Gasteiger partial charge in [-0.2, -0.15) is 5.10 Å². The van der Waals surface area contributed by atoms with Crippen LogP contribution in [0, 0.1) is 6.92 Å². The van der Waals surface area contributed by atoms with E-state index in [0.29, 0.717) is 12.4 Å². The highest BCUT2D eigenvalue weighted by molar-refractivity contribution is 5.82. The molecule has 0 fully saturated rings. The standard InChI is InChI=1S/C15H18N4O2/c1-4-19(13-9-14(20)18(3)15(21)17-13)16-10-12-8-6-5-7-11(12)2/h5-10H,4H2,1-3H3,(H,17,21)/b16-10+. The molecule has 6 heteroatoms. The molecule has 0 aliphatic heterocycles. The first kappa shape index (κ1) is 14.8. The van der Waals surface area contributed by atoms with Crippen LogP contribution in [-0.4, -0.2) is 22.3 Å². The summed E-state index contributed by atoms with van der Waals surface area (Å²) in [5.74, 6) is 0.385. The molecule has 0 unspecified atom stereocenters. The van der Waals surface area contributed by atoms with E-state index in [1.807, 2.05) is 38.1 Å². The van der Waals surface area contributed by atoms with Crippen molar-refractivity contribution in [2.75, 3.05) is 11.6 Å². The maximum absolute atomic E-state index is 11.7. The first-order valence-electron chi connectivity index (χ1n) is 6.70. The molecule has 0 radical (unpaired) electrons. The highest BCUT2D eigenvalue weighted by Gasteiger charge is 2.06. The molecule has 21 heavy (non-hydrogen) atoms. The van der Waals surface area contributed by atoms with Crippen molar-refractivity contribution in [1.29, 1.82) is 0 Å². The third-order valence-corrected chi connectivity index (χ3v) is 3.23. The summed E-state index contributed by atoms with van der Waals surface area (Å²) in [4.78, 5) is 25.9. The summed E-state index contributed by atoms with van der Waals surface area (Å²) >= 11 is 0. The summed E-state index contributed by atoms with van der Waals surface area (Å²) in [5, 5.41) is 5.92. The van der Waals surface area contributed by atoms with Gasteiger partial charge in [0.1, 0.15) is 5.82 Å². The Labute approximate surface area is 122 Å². The number of H-pyrrole nitrogens is 1. The van der Waals surface area contributed by atoms with E-state index in [1.165, 1.54) is 13.1 Å². The van der Waals surface area contributed by atoms with E-state index in [4.69, 9.17) is 0 Å². The van der Waals surface area contributed by atoms with Crippen LogP contribution in [0.15, 0.2) is 45.0 Å². The zero-order valence-electron chi connectivity index (χ0n) is 12.3. The van der Waals surface area contributed by atoms with E-state index in [0.717, 1.165) is 15.7 Å². The van der Waals surface area contributed by atoms with Gasteiger partial charge in [-0.3, -0.25) is 14.3 Å². The van der Waals surface area contributed by atoms with Crippen LogP contribution in [0.1, 0.15) is 18.1 Å². The number of hydrogen-bond donors (Lipinski definition) is 1. The van der Waals surface area contributed by atoms with Gasteiger partial charge in [0, 0.05) is 19.7 Å². The highest BCUT2D eigenvalue weighted by atomic mass is 16.2. The average Bonchev–Trinajstić information content (AvgIpc) is 2.47. The van der Waals surface area contributed by atoms with E-state index in [-0.39, 0.29) is 5.56 Å². The van der Waals surface area contributed by atoms with Gasteiger partial charge >= 0.3 is 5.69 Å². The molecule has 2 aromatic rings. The molecule has 0 amide bonds. The zero-order valence-corrected chi connectivity index (χ0v) is 12.3. The highest BCUT2D eigenvalue weighted by Crippen LogP contribution is 2.08. The Morgan fingerprint density at radius 3 is 2.67 bits per heavy atom. The minimum atomic E-state index is -0.456. The van der Waals surface area contributed by atoms with Gasteiger partial charge in [-0.15, -0.1) is 0 Å². The van der Waals surface area contributed by atoms with E-state index >= 15 is 0 Å². The molecule has 1 N–H and O–H groups in total. The third kappa shape index (κ3) is 3.28. The molecule has 1 heterocycles. The Balaban J connectivity index is 2.35. The zero-order chi connectivity index (χ0) is 15.4. The van der Waals surface area contributed by atoms with Gasteiger partial charge in [0.2, 0.25) is 0 Å². The molecular formula is C15H18N4O2. The Morgan fingerprint density at radius 2 is 2.05 bits per heavy atom. The average molecular weight is 286 g/mol. The van der Waals surface area contributed by atoms with E-state index < -0.39 is 5.69 Å². The largest absolute Gasteiger partial charge is 0.329 e. The van der Waals surface area contributed by atoms with Crippen LogP contribution >= 0.6 is 0 Å². The van der Waals surface area contributed by atoms with E-state index in [2.05, 4.69) is 10.1 Å². The lowest BCUT2D eigenvalue weighted by Crippen LogP contribution is -2.34. The van der Waals surface area contributed by atoms with E-state index in [1.54, 1.807) is 11.2 Å². The summed E-state index contributed by atoms with van der Waals surface area (Å²) < 4.78 is 1.02. The fourth-order valence-electron chi connectivity index (χ4n) is 1.86. The molecule has 0 aliphatic rings. The predicted molar refractivity (Wildman–Crippen MR) is 84.1 cm³/mol. The number of nitrogens with zero attached hydrogens (tertiary/aromatic N) is 3. The second-order valence-electron chi connectivity index (χ2n) is 4.67. The van der Waals surface area contributed by atoms with Gasteiger partial charge in [-0.1, -0.05) is 24.3 Å². The first-order valence-corrected chi connectivity index (χ1v) is 6.70. The molecule has 0 atom stereocenters. The molecule has 6 nitrogen and oxygen atoms in total. The van der Waals surface area contributed by atoms with E-state index in [9.17, 15) is 9.59 Å². The van der Waals surface area contributed by atoms with Crippen LogP contribution in [-0.2, 0) is 7.05 Å². The number of aromatic amines is 1. The fourth-order valence-corrected chi connectivity index (χ4v) is 1.86. The molecule has 0 saturated heterocycles. The number of hydrogen-bond acceptors (Lipinski definition) is 4. The summed E-state index contributed by atoms with van der Waals surface area (Å²) in [6.45, 7) is 4.42. The smallest absolute Gasteiger partial charge is 0.292 e. The SMILES string of the molecule is CCN(/N=C/c1ccccc1C)c1cc(=O)n(C)c(=O)[nH]1. The molecule has 110 valence electrons. The number of anilines is 1. The lowest BCUT2D eigenvalue weighted by molar-refractivity contribution is 0.756. The molecular weight excluding hydrogens is 268 g/mol. The summed E-state index contributed by atoms with van der Waals surface area (Å²) in [5.41, 5.74) is 1.28. The second-order valence-corrected chi connectivity index (χ2v) is 4.67. The van der Waals surface area contributed by atoms with Crippen molar-refractivity contribution in [2.45, 2.75) is 13.8 Å². The quantitative estimate of drug-likeness (QED) is 0.679. The summed E-state index contributed by atoms with van der Waals surface area (Å²) in [6.07, 6.45) is 1.72. The van der Waals surface area contributed by atoms with Crippen molar-refractivity contribution in [1.82, 2.24) is 9.55 Å². The van der Waals surface area contributed by atoms with Crippen LogP contribution in [0.25, 0.3) is 0 Å². The van der Waals surface area contributed by atoms with Gasteiger partial charge in [0.25, 0.3) is 5.56 Å². The van der Waals surface area contributed by atoms with Crippen molar-refractivity contribution in [3.05, 3.63) is 62.3 Å². The van der Waals surface area contributed by atoms with Crippen LogP contribution in [0.2, 0.25) is 0 Å². The number of rotatable bonds is 4. The van der Waals surface area contributed by atoms with Crippen molar-refractivity contribution >= 4 is 12.0 Å². The Kier molecular flexibility index (Phi) is 4.37. The minimum absolute atomic E-state index is 0.363. The van der Waals surface area contributed by atoms with Crippen LogP contribution in [0.5, 0.6) is 0 Å². The van der Waals surface area contributed by atoms with Gasteiger partial charge in [0.05, 0.1) is 6.21 Å². The fraction of sp³-hybridized carbons (Fsp3) is 0.267. The molecule has 0 bridgehead atoms. The summed E-state index contributed by atoms with van der Waals surface area (Å²) in [6, 6.07) is 9.21. The lowest BCUT2D eigenvalue weighted by atomic mass is 10.1. The number of nitrogens with one attached hydrogen (secondary N) is 1. The van der Waals surface area contributed by atoms with Gasteiger partial charge in [0.15, 0.2) is 0 Å². The Morgan fingerprint density at radius 1 is 1.33 bits per heavy atom. The van der Waals surface area contributed by atoms with Gasteiger partial charge in [-0.05, 0) is 25.0 Å². The van der Waals surface area contributed by atoms with Crippen molar-refractivity contribution in [3.8, 4) is 0 Å². The molecule has 0 spiro atoms. The monoisotopic (exact) mass is 286 g/mol. The van der Waals surface area contributed by atoms with Crippen LogP contribution < -0.4 is 16.3 Å². The maximum atomic E-state index is 11.7. The first-order chi connectivity index (χ1) is 10.0. The second kappa shape index (κ2) is 6.21. The number of hydrazone groups is 1. The predicted octanol–water partition coefficient (Wildman–Crippen LogP) is 1.24. The third-order valence-electron chi connectivity index (χ3n) is 3.23. The molecule has 0 saturated carbocycles. The minimum Gasteiger partial charge on any atom is -0.292 e. The van der Waals surface area contributed by atoms with Gasteiger partial charge in [-0.25, -0.2) is 9.80 Å². The topological polar surface area (TPSA) is 70.5 Å². The molecule has 0 aliphatic carbocycles. The Hall–Kier alpha value is -2.63. The lowest BCUT2D eigenvalue weighted by Gasteiger charge is -2.16. The van der Waals surface area contributed by atoms with Crippen LogP contribution in [0.4, 0.5) is 5.82 Å². The Bertz CT molecular complexity index is 742. The normalized spacial score (nSPS) is 11.0. The number of aromatic nitrogens is 2. The van der Waals surface area contributed by atoms with Crippen molar-refractivity contribution < 1.29 is 0 Å². The van der Waals surface area contributed by atoms with Crippen molar-refractivity contribution in [3.63, 3.8) is 0 Å². The van der Waals surface area contributed by atoms with Crippen LogP contribution in [0.3, 0.4) is 0 Å². The molecule has 1 aromatic carbocycles. The van der Waals surface area contributed by atoms with Crippen molar-refractivity contribution in [2.24, 2.45) is 12.1 Å². The summed E-state index contributed by atoms with van der Waals surface area (Å²) in [7, 11) is 1.43. The number of benzene rings is 1. The van der Waals surface area contributed by atoms with Gasteiger partial charge < -0.3 is 0 Å². The molecule has 2 rings (SSSR count). The molecule has 1 aromatic heterocycles. The number of aryl methyl sites for hydroxylation is 1. The maximum Gasteiger partial charge on any atom is 0.329 e.